The molecule has 0 amide bonds. The molecule has 1 rings (SSSR count). The van der Waals surface area contributed by atoms with Crippen molar-refractivity contribution in [3.63, 3.8) is 0 Å². The van der Waals surface area contributed by atoms with Crippen LogP contribution in [0.1, 0.15) is 19.3 Å². The first-order chi connectivity index (χ1) is 6.33. The molecule has 0 aliphatic heterocycles. The van der Waals surface area contributed by atoms with Crippen molar-refractivity contribution in [3.8, 4) is 0 Å². The highest BCUT2D eigenvalue weighted by Gasteiger charge is 2.49. The fourth-order valence-electron chi connectivity index (χ4n) is 1.15. The van der Waals surface area contributed by atoms with Crippen molar-refractivity contribution in [1.29, 1.82) is 0 Å². The molecule has 0 atom stereocenters. The molecule has 7 heteroatoms. The first-order valence-electron chi connectivity index (χ1n) is 3.96. The molecule has 4 nitrogen and oxygen atoms in total. The highest BCUT2D eigenvalue weighted by molar-refractivity contribution is 5.68. The number of ether oxygens (including phenoxy) is 2. The highest BCUT2D eigenvalue weighted by Crippen LogP contribution is 2.41. The largest absolute Gasteiger partial charge is 0.524 e. The number of halogens is 3. The molecule has 0 aromatic rings. The number of hydrogen-bond donors (Lipinski definition) is 1. The van der Waals surface area contributed by atoms with Crippen molar-refractivity contribution in [1.82, 2.24) is 0 Å². The van der Waals surface area contributed by atoms with Crippen LogP contribution < -0.4 is 0 Å². The molecular weight excluding hydrogens is 205 g/mol. The second-order valence-electron chi connectivity index (χ2n) is 2.99. The number of hydrogen-bond acceptors (Lipinski definition) is 3. The third-order valence-electron chi connectivity index (χ3n) is 1.88. The zero-order valence-corrected chi connectivity index (χ0v) is 7.13. The van der Waals surface area contributed by atoms with E-state index < -0.39 is 24.7 Å². The van der Waals surface area contributed by atoms with Crippen LogP contribution in [0, 0.1) is 0 Å². The molecule has 1 fully saturated rings. The summed E-state index contributed by atoms with van der Waals surface area (Å²) >= 11 is 0. The van der Waals surface area contributed by atoms with E-state index in [0.717, 1.165) is 0 Å². The number of alkyl halides is 3. The van der Waals surface area contributed by atoms with E-state index in [9.17, 15) is 18.0 Å². The van der Waals surface area contributed by atoms with E-state index in [1.165, 1.54) is 0 Å². The molecule has 0 aromatic carbocycles. The minimum atomic E-state index is -4.79. The lowest BCUT2D eigenvalue weighted by atomic mass is 9.91. The Morgan fingerprint density at radius 3 is 2.29 bits per heavy atom. The van der Waals surface area contributed by atoms with Crippen LogP contribution in [-0.2, 0) is 14.3 Å². The second kappa shape index (κ2) is 3.74. The summed E-state index contributed by atoms with van der Waals surface area (Å²) in [5.41, 5.74) is 0. The topological polar surface area (TPSA) is 55.8 Å². The quantitative estimate of drug-likeness (QED) is 0.720. The minimum Gasteiger partial charge on any atom is -0.480 e. The standard InChI is InChI=1S/C7H9F3O4/c8-7(9,10)14-6(2-1-3-6)13-4-5(11)12/h1-4H2,(H,11,12). The van der Waals surface area contributed by atoms with Gasteiger partial charge in [0.2, 0.25) is 0 Å². The minimum absolute atomic E-state index is 0.0692. The number of aliphatic carboxylic acids is 1. The van der Waals surface area contributed by atoms with Crippen molar-refractivity contribution in [2.75, 3.05) is 6.61 Å². The predicted molar refractivity (Wildman–Crippen MR) is 37.3 cm³/mol. The van der Waals surface area contributed by atoms with Gasteiger partial charge in [0.1, 0.15) is 6.61 Å². The van der Waals surface area contributed by atoms with Gasteiger partial charge in [-0.3, -0.25) is 4.74 Å². The van der Waals surface area contributed by atoms with E-state index in [1.807, 2.05) is 0 Å². The van der Waals surface area contributed by atoms with Gasteiger partial charge in [0.25, 0.3) is 0 Å². The average molecular weight is 214 g/mol. The maximum absolute atomic E-state index is 11.8. The van der Waals surface area contributed by atoms with Crippen LogP contribution in [0.3, 0.4) is 0 Å². The van der Waals surface area contributed by atoms with Gasteiger partial charge in [-0.25, -0.2) is 4.79 Å². The summed E-state index contributed by atoms with van der Waals surface area (Å²) in [6, 6.07) is 0. The molecule has 1 aliphatic carbocycles. The maximum atomic E-state index is 11.8. The predicted octanol–water partition coefficient (Wildman–Crippen LogP) is 1.50. The second-order valence-corrected chi connectivity index (χ2v) is 2.99. The lowest BCUT2D eigenvalue weighted by Gasteiger charge is -2.40. The Balaban J connectivity index is 2.45. The summed E-state index contributed by atoms with van der Waals surface area (Å²) < 4.78 is 43.8. The Labute approximate surface area is 77.6 Å². The fourth-order valence-corrected chi connectivity index (χ4v) is 1.15. The number of carboxylic acid groups (broad SMARTS) is 1. The molecule has 0 bridgehead atoms. The van der Waals surface area contributed by atoms with Crippen molar-refractivity contribution < 1.29 is 32.5 Å². The van der Waals surface area contributed by atoms with Gasteiger partial charge in [-0.2, -0.15) is 0 Å². The molecule has 1 N–H and O–H groups in total. The Bertz CT molecular complexity index is 221. The van der Waals surface area contributed by atoms with Gasteiger partial charge in [-0.1, -0.05) is 0 Å². The van der Waals surface area contributed by atoms with Crippen LogP contribution in [0.4, 0.5) is 13.2 Å². The summed E-state index contributed by atoms with van der Waals surface area (Å²) in [5.74, 6) is -3.08. The van der Waals surface area contributed by atoms with Crippen LogP contribution in [0.2, 0.25) is 0 Å². The van der Waals surface area contributed by atoms with E-state index in [0.29, 0.717) is 6.42 Å². The van der Waals surface area contributed by atoms with Gasteiger partial charge in [-0.05, 0) is 6.42 Å². The molecule has 1 aliphatic rings. The Hall–Kier alpha value is -0.820. The maximum Gasteiger partial charge on any atom is 0.524 e. The Morgan fingerprint density at radius 1 is 1.43 bits per heavy atom. The van der Waals surface area contributed by atoms with Crippen molar-refractivity contribution in [3.05, 3.63) is 0 Å². The van der Waals surface area contributed by atoms with E-state index in [-0.39, 0.29) is 12.8 Å². The van der Waals surface area contributed by atoms with Crippen LogP contribution in [0.5, 0.6) is 0 Å². The lowest BCUT2D eigenvalue weighted by Crippen LogP contribution is -2.47. The van der Waals surface area contributed by atoms with Crippen LogP contribution in [-0.4, -0.2) is 29.8 Å². The summed E-state index contributed by atoms with van der Waals surface area (Å²) in [5, 5.41) is 8.23. The summed E-state index contributed by atoms with van der Waals surface area (Å²) in [6.45, 7) is -0.782. The smallest absolute Gasteiger partial charge is 0.480 e. The van der Waals surface area contributed by atoms with E-state index in [2.05, 4.69) is 9.47 Å². The van der Waals surface area contributed by atoms with Gasteiger partial charge in [0, 0.05) is 12.8 Å². The number of rotatable bonds is 4. The van der Waals surface area contributed by atoms with Crippen LogP contribution in [0.15, 0.2) is 0 Å². The SMILES string of the molecule is O=C(O)COC1(OC(F)(F)F)CCC1. The van der Waals surface area contributed by atoms with Gasteiger partial charge < -0.3 is 9.84 Å². The molecular formula is C7H9F3O4. The Kier molecular flexibility index (Phi) is 3.01. The first-order valence-corrected chi connectivity index (χ1v) is 3.96. The van der Waals surface area contributed by atoms with E-state index >= 15 is 0 Å². The van der Waals surface area contributed by atoms with Crippen LogP contribution >= 0.6 is 0 Å². The molecule has 0 spiro atoms. The van der Waals surface area contributed by atoms with Gasteiger partial charge in [0.05, 0.1) is 0 Å². The molecule has 1 saturated carbocycles. The zero-order chi connectivity index (χ0) is 10.8. The summed E-state index contributed by atoms with van der Waals surface area (Å²) in [7, 11) is 0. The highest BCUT2D eigenvalue weighted by atomic mass is 19.4. The number of carbonyl (C=O) groups is 1. The third kappa shape index (κ3) is 3.15. The lowest BCUT2D eigenvalue weighted by molar-refractivity contribution is -0.432. The monoisotopic (exact) mass is 214 g/mol. The summed E-state index contributed by atoms with van der Waals surface area (Å²) in [4.78, 5) is 10.1. The van der Waals surface area contributed by atoms with Crippen molar-refractivity contribution >= 4 is 5.97 Å². The van der Waals surface area contributed by atoms with E-state index in [4.69, 9.17) is 5.11 Å². The average Bonchev–Trinajstić information content (AvgIpc) is 1.92. The van der Waals surface area contributed by atoms with Gasteiger partial charge in [-0.15, -0.1) is 13.2 Å². The normalized spacial score (nSPS) is 20.2. The molecule has 0 unspecified atom stereocenters. The van der Waals surface area contributed by atoms with Crippen molar-refractivity contribution in [2.45, 2.75) is 31.4 Å². The molecule has 0 aromatic heterocycles. The number of carboxylic acids is 1. The van der Waals surface area contributed by atoms with Crippen molar-refractivity contribution in [2.24, 2.45) is 0 Å². The fraction of sp³-hybridized carbons (Fsp3) is 0.857. The van der Waals surface area contributed by atoms with Crippen LogP contribution in [0.25, 0.3) is 0 Å². The van der Waals surface area contributed by atoms with Gasteiger partial charge >= 0.3 is 12.3 Å². The van der Waals surface area contributed by atoms with E-state index in [1.54, 1.807) is 0 Å². The zero-order valence-electron chi connectivity index (χ0n) is 7.13. The molecule has 0 heterocycles. The molecule has 82 valence electrons. The molecule has 14 heavy (non-hydrogen) atoms. The third-order valence-corrected chi connectivity index (χ3v) is 1.88. The molecule has 0 radical (unpaired) electrons. The van der Waals surface area contributed by atoms with Gasteiger partial charge in [0.15, 0.2) is 5.79 Å². The summed E-state index contributed by atoms with van der Waals surface area (Å²) in [6.07, 6.45) is -4.12. The molecule has 0 saturated heterocycles. The first kappa shape index (κ1) is 11.3. The Morgan fingerprint density at radius 2 is 2.00 bits per heavy atom.